The molecule has 1 aromatic carbocycles. The van der Waals surface area contributed by atoms with Gasteiger partial charge in [-0.2, -0.15) is 0 Å². The molecule has 0 heterocycles. The Kier molecular flexibility index (Phi) is 4.87. The predicted octanol–water partition coefficient (Wildman–Crippen LogP) is 3.35. The highest BCUT2D eigenvalue weighted by Gasteiger charge is 2.18. The molecule has 1 unspecified atom stereocenters. The summed E-state index contributed by atoms with van der Waals surface area (Å²) in [5.74, 6) is -0.147. The monoisotopic (exact) mass is 238 g/mol. The van der Waals surface area contributed by atoms with Crippen LogP contribution in [0.1, 0.15) is 24.5 Å². The summed E-state index contributed by atoms with van der Waals surface area (Å²) in [6.07, 6.45) is 0.782. The van der Waals surface area contributed by atoms with Gasteiger partial charge in [-0.05, 0) is 43.5 Å². The number of esters is 1. The van der Waals surface area contributed by atoms with Gasteiger partial charge in [0.2, 0.25) is 0 Å². The highest BCUT2D eigenvalue weighted by atomic mass is 32.2. The van der Waals surface area contributed by atoms with Crippen LogP contribution in [0.15, 0.2) is 23.1 Å². The molecule has 0 bridgehead atoms. The van der Waals surface area contributed by atoms with Gasteiger partial charge in [0.05, 0.1) is 7.11 Å². The molecule has 0 aliphatic carbocycles. The normalized spacial score (nSPS) is 12.2. The smallest absolute Gasteiger partial charge is 0.319 e. The van der Waals surface area contributed by atoms with Crippen LogP contribution in [0.3, 0.4) is 0 Å². The van der Waals surface area contributed by atoms with E-state index >= 15 is 0 Å². The number of hydrogen-bond acceptors (Lipinski definition) is 3. The minimum Gasteiger partial charge on any atom is -0.468 e. The lowest BCUT2D eigenvalue weighted by atomic mass is 10.1. The van der Waals surface area contributed by atoms with Gasteiger partial charge in [0.1, 0.15) is 5.25 Å². The zero-order valence-electron chi connectivity index (χ0n) is 10.2. The molecule has 0 amide bonds. The van der Waals surface area contributed by atoms with Crippen molar-refractivity contribution in [3.63, 3.8) is 0 Å². The van der Waals surface area contributed by atoms with Crippen LogP contribution in [0.2, 0.25) is 0 Å². The first-order chi connectivity index (χ1) is 7.58. The fourth-order valence-electron chi connectivity index (χ4n) is 1.38. The molecule has 0 aliphatic heterocycles. The molecular formula is C13H18O2S. The maximum Gasteiger partial charge on any atom is 0.319 e. The summed E-state index contributed by atoms with van der Waals surface area (Å²) in [7, 11) is 1.44. The van der Waals surface area contributed by atoms with Crippen LogP contribution >= 0.6 is 11.8 Å². The van der Waals surface area contributed by atoms with Crippen molar-refractivity contribution in [2.45, 2.75) is 37.3 Å². The molecule has 1 aromatic rings. The molecule has 16 heavy (non-hydrogen) atoms. The molecule has 2 nitrogen and oxygen atoms in total. The van der Waals surface area contributed by atoms with E-state index in [1.807, 2.05) is 6.92 Å². The fourth-order valence-corrected chi connectivity index (χ4v) is 2.46. The summed E-state index contributed by atoms with van der Waals surface area (Å²) in [5.41, 5.74) is 2.53. The third-order valence-electron chi connectivity index (χ3n) is 2.59. The first kappa shape index (κ1) is 13.1. The molecule has 0 spiro atoms. The lowest BCUT2D eigenvalue weighted by molar-refractivity contribution is -0.140. The van der Waals surface area contributed by atoms with E-state index in [9.17, 15) is 4.79 Å². The molecule has 0 saturated heterocycles. The van der Waals surface area contributed by atoms with E-state index in [-0.39, 0.29) is 11.2 Å². The number of ether oxygens (including phenoxy) is 1. The lowest BCUT2D eigenvalue weighted by Gasteiger charge is -2.12. The summed E-state index contributed by atoms with van der Waals surface area (Å²) >= 11 is 1.57. The molecule has 88 valence electrons. The van der Waals surface area contributed by atoms with Crippen LogP contribution in [0.5, 0.6) is 0 Å². The molecule has 1 atom stereocenters. The fraction of sp³-hybridized carbons (Fsp3) is 0.462. The van der Waals surface area contributed by atoms with Crippen LogP contribution in [-0.2, 0) is 9.53 Å². The zero-order chi connectivity index (χ0) is 12.1. The topological polar surface area (TPSA) is 26.3 Å². The van der Waals surface area contributed by atoms with Crippen molar-refractivity contribution < 1.29 is 9.53 Å². The number of carbonyl (C=O) groups is 1. The van der Waals surface area contributed by atoms with E-state index in [2.05, 4.69) is 32.0 Å². The van der Waals surface area contributed by atoms with Crippen molar-refractivity contribution >= 4 is 17.7 Å². The average molecular weight is 238 g/mol. The minimum absolute atomic E-state index is 0.105. The van der Waals surface area contributed by atoms with Crippen LogP contribution in [0.25, 0.3) is 0 Å². The Bertz CT molecular complexity index is 374. The number of benzene rings is 1. The first-order valence-electron chi connectivity index (χ1n) is 5.40. The molecule has 0 saturated carbocycles. The molecule has 0 aliphatic rings. The van der Waals surface area contributed by atoms with Crippen LogP contribution in [0.4, 0.5) is 0 Å². The van der Waals surface area contributed by atoms with Gasteiger partial charge >= 0.3 is 5.97 Å². The van der Waals surface area contributed by atoms with E-state index in [1.54, 1.807) is 11.8 Å². The van der Waals surface area contributed by atoms with Crippen molar-refractivity contribution in [3.05, 3.63) is 29.3 Å². The van der Waals surface area contributed by atoms with E-state index in [4.69, 9.17) is 4.74 Å². The Balaban J connectivity index is 2.78. The Morgan fingerprint density at radius 2 is 2.06 bits per heavy atom. The third-order valence-corrected chi connectivity index (χ3v) is 3.93. The van der Waals surface area contributed by atoms with Crippen LogP contribution in [0, 0.1) is 13.8 Å². The summed E-state index contributed by atoms with van der Waals surface area (Å²) in [4.78, 5) is 12.6. The number of hydrogen-bond donors (Lipinski definition) is 0. The van der Waals surface area contributed by atoms with Gasteiger partial charge in [0, 0.05) is 4.90 Å². The van der Waals surface area contributed by atoms with Crippen molar-refractivity contribution in [1.29, 1.82) is 0 Å². The standard InChI is InChI=1S/C13H18O2S/c1-5-12(13(14)15-4)16-11-7-6-9(2)10(3)8-11/h6-8,12H,5H2,1-4H3. The van der Waals surface area contributed by atoms with E-state index < -0.39 is 0 Å². The average Bonchev–Trinajstić information content (AvgIpc) is 2.29. The van der Waals surface area contributed by atoms with E-state index in [0.29, 0.717) is 0 Å². The van der Waals surface area contributed by atoms with Crippen molar-refractivity contribution in [2.75, 3.05) is 7.11 Å². The quantitative estimate of drug-likeness (QED) is 0.594. The maximum atomic E-state index is 11.5. The Morgan fingerprint density at radius 1 is 1.38 bits per heavy atom. The second-order valence-electron chi connectivity index (χ2n) is 3.78. The van der Waals surface area contributed by atoms with Gasteiger partial charge < -0.3 is 4.74 Å². The number of carbonyl (C=O) groups excluding carboxylic acids is 1. The Hall–Kier alpha value is -0.960. The van der Waals surface area contributed by atoms with Gasteiger partial charge in [-0.15, -0.1) is 11.8 Å². The largest absolute Gasteiger partial charge is 0.468 e. The number of thioether (sulfide) groups is 1. The maximum absolute atomic E-state index is 11.5. The summed E-state index contributed by atoms with van der Waals surface area (Å²) in [6, 6.07) is 6.26. The van der Waals surface area contributed by atoms with E-state index in [1.165, 1.54) is 18.2 Å². The molecular weight excluding hydrogens is 220 g/mol. The summed E-state index contributed by atoms with van der Waals surface area (Å²) in [6.45, 7) is 6.16. The second kappa shape index (κ2) is 5.94. The zero-order valence-corrected chi connectivity index (χ0v) is 11.1. The SMILES string of the molecule is CCC(Sc1ccc(C)c(C)c1)C(=O)OC. The lowest BCUT2D eigenvalue weighted by Crippen LogP contribution is -2.17. The number of methoxy groups -OCH3 is 1. The third kappa shape index (κ3) is 3.27. The molecule has 0 N–H and O–H groups in total. The molecule has 0 fully saturated rings. The number of rotatable bonds is 4. The molecule has 3 heteroatoms. The van der Waals surface area contributed by atoms with Gasteiger partial charge in [-0.3, -0.25) is 4.79 Å². The van der Waals surface area contributed by atoms with Gasteiger partial charge in [0.25, 0.3) is 0 Å². The van der Waals surface area contributed by atoms with Gasteiger partial charge in [-0.1, -0.05) is 13.0 Å². The van der Waals surface area contributed by atoms with Crippen molar-refractivity contribution in [2.24, 2.45) is 0 Å². The molecule has 1 rings (SSSR count). The highest BCUT2D eigenvalue weighted by Crippen LogP contribution is 2.27. The van der Waals surface area contributed by atoms with Crippen LogP contribution in [-0.4, -0.2) is 18.3 Å². The highest BCUT2D eigenvalue weighted by molar-refractivity contribution is 8.00. The summed E-state index contributed by atoms with van der Waals surface area (Å²) in [5, 5.41) is -0.105. The molecule has 0 radical (unpaired) electrons. The number of aryl methyl sites for hydroxylation is 2. The Labute approximate surface area is 101 Å². The van der Waals surface area contributed by atoms with Crippen LogP contribution < -0.4 is 0 Å². The predicted molar refractivity (Wildman–Crippen MR) is 67.9 cm³/mol. The first-order valence-corrected chi connectivity index (χ1v) is 6.28. The van der Waals surface area contributed by atoms with Crippen molar-refractivity contribution in [1.82, 2.24) is 0 Å². The van der Waals surface area contributed by atoms with Gasteiger partial charge in [-0.25, -0.2) is 0 Å². The second-order valence-corrected chi connectivity index (χ2v) is 5.06. The van der Waals surface area contributed by atoms with Gasteiger partial charge in [0.15, 0.2) is 0 Å². The summed E-state index contributed by atoms with van der Waals surface area (Å²) < 4.78 is 4.77. The minimum atomic E-state index is -0.147. The molecule has 0 aromatic heterocycles. The van der Waals surface area contributed by atoms with Crippen molar-refractivity contribution in [3.8, 4) is 0 Å². The Morgan fingerprint density at radius 3 is 2.56 bits per heavy atom. The van der Waals surface area contributed by atoms with E-state index in [0.717, 1.165) is 11.3 Å².